The Morgan fingerprint density at radius 1 is 0.979 bits per heavy atom. The molecule has 12 nitrogen and oxygen atoms in total. The zero-order chi connectivity index (χ0) is 34.8. The van der Waals surface area contributed by atoms with Crippen LogP contribution < -0.4 is 21.3 Å². The normalized spacial score (nSPS) is 21.6. The number of carbonyl (C=O) groups is 6. The Labute approximate surface area is 280 Å². The van der Waals surface area contributed by atoms with Crippen LogP contribution >= 0.6 is 0 Å². The standard InChI is InChI=1S/C35H58N6O6/c1-7-15-24(28(43)31(45)36-20-8-2)37-30(44)25-16-14-22-41(25)32(46)29(35(6)18-11-9-12-19-35)39-33(47)38-26(34(3,4)5)23-40-21-13-10-17-27(40)42/h8,24-26,29H,2,7,9-23H2,1,3-6H3,(H,36,45)(H,37,44)(H2,38,39,47)/t24?,25-,26+,29+/m0/s1. The van der Waals surface area contributed by atoms with Gasteiger partial charge >= 0.3 is 6.03 Å². The first-order valence-corrected chi connectivity index (χ1v) is 17.6. The van der Waals surface area contributed by atoms with E-state index in [4.69, 9.17) is 0 Å². The molecule has 3 aliphatic rings. The lowest BCUT2D eigenvalue weighted by Gasteiger charge is -2.43. The van der Waals surface area contributed by atoms with Gasteiger partial charge in [-0.1, -0.05) is 66.4 Å². The summed E-state index contributed by atoms with van der Waals surface area (Å²) in [4.78, 5) is 83.0. The third kappa shape index (κ3) is 10.3. The van der Waals surface area contributed by atoms with Gasteiger partial charge in [0.15, 0.2) is 0 Å². The Kier molecular flexibility index (Phi) is 13.8. The second-order valence-electron chi connectivity index (χ2n) is 14.9. The van der Waals surface area contributed by atoms with Crippen molar-refractivity contribution in [2.45, 2.75) is 136 Å². The largest absolute Gasteiger partial charge is 0.346 e. The molecular weight excluding hydrogens is 600 g/mol. The summed E-state index contributed by atoms with van der Waals surface area (Å²) in [6, 6.07) is -3.52. The summed E-state index contributed by atoms with van der Waals surface area (Å²) in [5.41, 5.74) is -0.864. The van der Waals surface area contributed by atoms with Crippen molar-refractivity contribution in [1.82, 2.24) is 31.1 Å². The molecule has 47 heavy (non-hydrogen) atoms. The van der Waals surface area contributed by atoms with Crippen LogP contribution in [0.15, 0.2) is 12.7 Å². The number of carbonyl (C=O) groups excluding carboxylic acids is 6. The number of nitrogens with zero attached hydrogens (tertiary/aromatic N) is 2. The number of piperidine rings is 1. The van der Waals surface area contributed by atoms with Gasteiger partial charge in [0.1, 0.15) is 12.1 Å². The maximum atomic E-state index is 14.4. The summed E-state index contributed by atoms with van der Waals surface area (Å²) in [5, 5.41) is 11.4. The van der Waals surface area contributed by atoms with Crippen LogP contribution in [0.3, 0.4) is 0 Å². The lowest BCUT2D eigenvalue weighted by atomic mass is 9.70. The minimum absolute atomic E-state index is 0.0918. The summed E-state index contributed by atoms with van der Waals surface area (Å²) in [6.45, 7) is 15.0. The van der Waals surface area contributed by atoms with Gasteiger partial charge in [-0.3, -0.25) is 24.0 Å². The molecule has 0 aromatic rings. The van der Waals surface area contributed by atoms with E-state index in [0.717, 1.165) is 44.9 Å². The summed E-state index contributed by atoms with van der Waals surface area (Å²) < 4.78 is 0. The average Bonchev–Trinajstić information content (AvgIpc) is 3.52. The minimum atomic E-state index is -1.01. The fraction of sp³-hybridized carbons (Fsp3) is 0.771. The molecule has 1 saturated carbocycles. The number of rotatable bonds is 14. The van der Waals surface area contributed by atoms with Crippen LogP contribution in [-0.4, -0.2) is 95.6 Å². The highest BCUT2D eigenvalue weighted by Crippen LogP contribution is 2.40. The first-order valence-electron chi connectivity index (χ1n) is 17.6. The molecule has 0 spiro atoms. The first kappa shape index (κ1) is 38.0. The van der Waals surface area contributed by atoms with Gasteiger partial charge in [0.25, 0.3) is 5.91 Å². The van der Waals surface area contributed by atoms with Crippen molar-refractivity contribution in [3.8, 4) is 0 Å². The van der Waals surface area contributed by atoms with E-state index in [1.54, 1.807) is 4.90 Å². The number of Topliss-reactive ketones (excluding diaryl/α,β-unsaturated/α-hetero) is 1. The predicted molar refractivity (Wildman–Crippen MR) is 180 cm³/mol. The van der Waals surface area contributed by atoms with Crippen molar-refractivity contribution in [3.63, 3.8) is 0 Å². The van der Waals surface area contributed by atoms with Gasteiger partial charge in [0, 0.05) is 32.6 Å². The van der Waals surface area contributed by atoms with E-state index in [0.29, 0.717) is 45.3 Å². The van der Waals surface area contributed by atoms with Gasteiger partial charge in [-0.15, -0.1) is 6.58 Å². The molecule has 1 aliphatic carbocycles. The molecule has 4 atom stereocenters. The summed E-state index contributed by atoms with van der Waals surface area (Å²) in [5.74, 6) is -2.22. The van der Waals surface area contributed by atoms with Crippen LogP contribution in [0.1, 0.15) is 112 Å². The topological polar surface area (TPSA) is 157 Å². The Hall–Kier alpha value is -3.44. The molecule has 3 fully saturated rings. The number of hydrogen-bond acceptors (Lipinski definition) is 6. The van der Waals surface area contributed by atoms with Crippen molar-refractivity contribution in [2.24, 2.45) is 10.8 Å². The Bertz CT molecular complexity index is 1160. The van der Waals surface area contributed by atoms with Crippen LogP contribution in [-0.2, 0) is 24.0 Å². The number of nitrogens with one attached hydrogen (secondary N) is 4. The van der Waals surface area contributed by atoms with Gasteiger partial charge in [-0.2, -0.15) is 0 Å². The molecule has 4 N–H and O–H groups in total. The molecule has 12 heteroatoms. The van der Waals surface area contributed by atoms with Crippen molar-refractivity contribution >= 4 is 35.4 Å². The van der Waals surface area contributed by atoms with E-state index in [2.05, 4.69) is 27.8 Å². The molecule has 0 aromatic carbocycles. The van der Waals surface area contributed by atoms with Gasteiger partial charge in [0.05, 0.1) is 12.1 Å². The summed E-state index contributed by atoms with van der Waals surface area (Å²) >= 11 is 0. The van der Waals surface area contributed by atoms with E-state index >= 15 is 0 Å². The highest BCUT2D eigenvalue weighted by Gasteiger charge is 2.47. The van der Waals surface area contributed by atoms with E-state index in [-0.39, 0.29) is 36.2 Å². The Morgan fingerprint density at radius 2 is 1.68 bits per heavy atom. The van der Waals surface area contributed by atoms with E-state index in [1.165, 1.54) is 6.08 Å². The van der Waals surface area contributed by atoms with E-state index < -0.39 is 47.2 Å². The van der Waals surface area contributed by atoms with Gasteiger partial charge in [-0.05, 0) is 55.8 Å². The maximum absolute atomic E-state index is 14.4. The zero-order valence-corrected chi connectivity index (χ0v) is 29.3. The Morgan fingerprint density at radius 3 is 2.30 bits per heavy atom. The van der Waals surface area contributed by atoms with E-state index in [9.17, 15) is 28.8 Å². The fourth-order valence-electron chi connectivity index (χ4n) is 7.03. The second kappa shape index (κ2) is 17.1. The van der Waals surface area contributed by atoms with Gasteiger partial charge in [0.2, 0.25) is 23.5 Å². The molecule has 264 valence electrons. The smallest absolute Gasteiger partial charge is 0.315 e. The third-order valence-electron chi connectivity index (χ3n) is 10.1. The summed E-state index contributed by atoms with van der Waals surface area (Å²) in [6.07, 6.45) is 10.1. The molecule has 1 unspecified atom stereocenters. The van der Waals surface area contributed by atoms with Crippen LogP contribution in [0.5, 0.6) is 0 Å². The average molecular weight is 659 g/mol. The highest BCUT2D eigenvalue weighted by atomic mass is 16.2. The number of ketones is 1. The number of urea groups is 1. The first-order chi connectivity index (χ1) is 22.2. The fourth-order valence-corrected chi connectivity index (χ4v) is 7.03. The predicted octanol–water partition coefficient (Wildman–Crippen LogP) is 3.20. The quantitative estimate of drug-likeness (QED) is 0.166. The molecule has 0 bridgehead atoms. The lowest BCUT2D eigenvalue weighted by Crippen LogP contribution is -2.63. The molecule has 6 amide bonds. The van der Waals surface area contributed by atoms with Crippen LogP contribution in [0.25, 0.3) is 0 Å². The minimum Gasteiger partial charge on any atom is -0.346 e. The molecule has 3 rings (SSSR count). The van der Waals surface area contributed by atoms with E-state index in [1.807, 2.05) is 39.5 Å². The number of likely N-dealkylation sites (tertiary alicyclic amines) is 2. The van der Waals surface area contributed by atoms with Gasteiger partial charge < -0.3 is 31.1 Å². The second-order valence-corrected chi connectivity index (χ2v) is 14.9. The Balaban J connectivity index is 1.79. The van der Waals surface area contributed by atoms with Crippen molar-refractivity contribution in [3.05, 3.63) is 12.7 Å². The van der Waals surface area contributed by atoms with Crippen molar-refractivity contribution < 1.29 is 28.8 Å². The third-order valence-corrected chi connectivity index (χ3v) is 10.1. The van der Waals surface area contributed by atoms with Gasteiger partial charge in [-0.25, -0.2) is 4.79 Å². The molecule has 2 heterocycles. The SMILES string of the molecule is C=CCNC(=O)C(=O)C(CCC)NC(=O)[C@@H]1CCCN1C(=O)[C@@H](NC(=O)N[C@H](CN1CCCCC1=O)C(C)(C)C)C1(C)CCCCC1. The summed E-state index contributed by atoms with van der Waals surface area (Å²) in [7, 11) is 0. The lowest BCUT2D eigenvalue weighted by molar-refractivity contribution is -0.144. The zero-order valence-electron chi connectivity index (χ0n) is 29.3. The van der Waals surface area contributed by atoms with Crippen molar-refractivity contribution in [1.29, 1.82) is 0 Å². The molecule has 2 saturated heterocycles. The molecular formula is C35H58N6O6. The van der Waals surface area contributed by atoms with Crippen LogP contribution in [0.4, 0.5) is 4.79 Å². The van der Waals surface area contributed by atoms with Crippen LogP contribution in [0.2, 0.25) is 0 Å². The highest BCUT2D eigenvalue weighted by molar-refractivity contribution is 6.38. The molecule has 0 radical (unpaired) electrons. The maximum Gasteiger partial charge on any atom is 0.315 e. The monoisotopic (exact) mass is 658 g/mol. The molecule has 2 aliphatic heterocycles. The van der Waals surface area contributed by atoms with Crippen molar-refractivity contribution in [2.75, 3.05) is 26.2 Å². The number of hydrogen-bond donors (Lipinski definition) is 4. The van der Waals surface area contributed by atoms with Crippen LogP contribution in [0, 0.1) is 10.8 Å². The molecule has 0 aromatic heterocycles. The number of amides is 6.